The molecule has 0 aromatic heterocycles. The number of anilines is 1. The molecule has 0 spiro atoms. The third kappa shape index (κ3) is 3.81. The van der Waals surface area contributed by atoms with Crippen molar-refractivity contribution in [3.63, 3.8) is 0 Å². The van der Waals surface area contributed by atoms with Gasteiger partial charge in [-0.2, -0.15) is 0 Å². The standard InChI is InChI=1S/C20H24FNO2/c1-3-23-17-9-10-18(21)19(13-17)22-12-11-20(15(2)14-22)24-16-7-5-4-6-8-16/h4-10,13,15,20H,3,11-12,14H2,1-2H3/t15-,20-/m1/s1. The molecule has 2 aromatic rings. The van der Waals surface area contributed by atoms with E-state index in [-0.39, 0.29) is 11.9 Å². The lowest BCUT2D eigenvalue weighted by molar-refractivity contribution is 0.121. The van der Waals surface area contributed by atoms with E-state index in [1.165, 1.54) is 6.07 Å². The van der Waals surface area contributed by atoms with Crippen LogP contribution in [0.2, 0.25) is 0 Å². The number of benzene rings is 2. The lowest BCUT2D eigenvalue weighted by Gasteiger charge is -2.38. The summed E-state index contributed by atoms with van der Waals surface area (Å²) in [6.07, 6.45) is 1.02. The van der Waals surface area contributed by atoms with Crippen LogP contribution in [0.1, 0.15) is 20.3 Å². The molecule has 2 aromatic carbocycles. The molecule has 0 bridgehead atoms. The van der Waals surface area contributed by atoms with Gasteiger partial charge in [0.1, 0.15) is 23.4 Å². The Morgan fingerprint density at radius 1 is 1.12 bits per heavy atom. The average molecular weight is 329 g/mol. The predicted molar refractivity (Wildman–Crippen MR) is 94.4 cm³/mol. The highest BCUT2D eigenvalue weighted by molar-refractivity contribution is 5.52. The van der Waals surface area contributed by atoms with Crippen LogP contribution in [0.4, 0.5) is 10.1 Å². The van der Waals surface area contributed by atoms with Crippen LogP contribution < -0.4 is 14.4 Å². The van der Waals surface area contributed by atoms with Gasteiger partial charge in [0.2, 0.25) is 0 Å². The summed E-state index contributed by atoms with van der Waals surface area (Å²) in [5.41, 5.74) is 0.617. The van der Waals surface area contributed by atoms with E-state index in [9.17, 15) is 4.39 Å². The number of nitrogens with zero attached hydrogens (tertiary/aromatic N) is 1. The van der Waals surface area contributed by atoms with Crippen LogP contribution >= 0.6 is 0 Å². The van der Waals surface area contributed by atoms with Crippen molar-refractivity contribution in [2.24, 2.45) is 5.92 Å². The fourth-order valence-electron chi connectivity index (χ4n) is 3.18. The lowest BCUT2D eigenvalue weighted by atomic mass is 9.95. The van der Waals surface area contributed by atoms with Crippen molar-refractivity contribution in [2.75, 3.05) is 24.6 Å². The van der Waals surface area contributed by atoms with E-state index < -0.39 is 0 Å². The Bertz CT molecular complexity index is 662. The first kappa shape index (κ1) is 16.6. The third-order valence-electron chi connectivity index (χ3n) is 4.43. The molecule has 3 nitrogen and oxygen atoms in total. The maximum atomic E-state index is 14.2. The van der Waals surface area contributed by atoms with Crippen molar-refractivity contribution in [3.8, 4) is 11.5 Å². The maximum absolute atomic E-state index is 14.2. The molecule has 1 aliphatic rings. The van der Waals surface area contributed by atoms with Crippen LogP contribution in [0.25, 0.3) is 0 Å². The number of rotatable bonds is 5. The smallest absolute Gasteiger partial charge is 0.146 e. The van der Waals surface area contributed by atoms with Gasteiger partial charge >= 0.3 is 0 Å². The third-order valence-corrected chi connectivity index (χ3v) is 4.43. The number of ether oxygens (including phenoxy) is 2. The van der Waals surface area contributed by atoms with Gasteiger partial charge in [-0.3, -0.25) is 0 Å². The van der Waals surface area contributed by atoms with Crippen molar-refractivity contribution < 1.29 is 13.9 Å². The molecule has 0 amide bonds. The van der Waals surface area contributed by atoms with E-state index in [2.05, 4.69) is 11.8 Å². The summed E-state index contributed by atoms with van der Waals surface area (Å²) in [4.78, 5) is 2.09. The van der Waals surface area contributed by atoms with Gasteiger partial charge in [0.15, 0.2) is 0 Å². The molecule has 0 unspecified atom stereocenters. The molecule has 0 N–H and O–H groups in total. The zero-order valence-electron chi connectivity index (χ0n) is 14.2. The SMILES string of the molecule is CCOc1ccc(F)c(N2CC[C@@H](Oc3ccccc3)[C@H](C)C2)c1. The molecule has 128 valence electrons. The first-order chi connectivity index (χ1) is 11.7. The lowest BCUT2D eigenvalue weighted by Crippen LogP contribution is -2.44. The summed E-state index contributed by atoms with van der Waals surface area (Å²) in [5, 5.41) is 0. The summed E-state index contributed by atoms with van der Waals surface area (Å²) in [6, 6.07) is 14.8. The first-order valence-electron chi connectivity index (χ1n) is 8.56. The number of piperidine rings is 1. The largest absolute Gasteiger partial charge is 0.494 e. The van der Waals surface area contributed by atoms with Gasteiger partial charge < -0.3 is 14.4 Å². The van der Waals surface area contributed by atoms with E-state index in [1.54, 1.807) is 12.1 Å². The van der Waals surface area contributed by atoms with E-state index in [4.69, 9.17) is 9.47 Å². The topological polar surface area (TPSA) is 21.7 Å². The Balaban J connectivity index is 1.68. The zero-order chi connectivity index (χ0) is 16.9. The van der Waals surface area contributed by atoms with Gasteiger partial charge in [-0.05, 0) is 31.2 Å². The Kier molecular flexibility index (Phi) is 5.24. The van der Waals surface area contributed by atoms with Gasteiger partial charge in [-0.1, -0.05) is 25.1 Å². The highest BCUT2D eigenvalue weighted by atomic mass is 19.1. The molecular weight excluding hydrogens is 305 g/mol. The normalized spacial score (nSPS) is 20.7. The van der Waals surface area contributed by atoms with Crippen LogP contribution in [-0.2, 0) is 0 Å². The van der Waals surface area contributed by atoms with Gasteiger partial charge in [0.25, 0.3) is 0 Å². The van der Waals surface area contributed by atoms with Crippen LogP contribution in [-0.4, -0.2) is 25.8 Å². The quantitative estimate of drug-likeness (QED) is 0.805. The van der Waals surface area contributed by atoms with Crippen LogP contribution in [0.5, 0.6) is 11.5 Å². The second kappa shape index (κ2) is 7.56. The number of halogens is 1. The number of hydrogen-bond acceptors (Lipinski definition) is 3. The highest BCUT2D eigenvalue weighted by Gasteiger charge is 2.29. The molecule has 1 aliphatic heterocycles. The van der Waals surface area contributed by atoms with Crippen LogP contribution in [0.15, 0.2) is 48.5 Å². The summed E-state index contributed by atoms with van der Waals surface area (Å²) in [7, 11) is 0. The van der Waals surface area contributed by atoms with Gasteiger partial charge in [-0.25, -0.2) is 4.39 Å². The maximum Gasteiger partial charge on any atom is 0.146 e. The Labute approximate surface area is 143 Å². The minimum atomic E-state index is -0.201. The minimum absolute atomic E-state index is 0.154. The van der Waals surface area contributed by atoms with E-state index in [1.807, 2.05) is 37.3 Å². The molecule has 24 heavy (non-hydrogen) atoms. The fraction of sp³-hybridized carbons (Fsp3) is 0.400. The van der Waals surface area contributed by atoms with Crippen molar-refractivity contribution >= 4 is 5.69 Å². The van der Waals surface area contributed by atoms with Crippen molar-refractivity contribution in [2.45, 2.75) is 26.4 Å². The van der Waals surface area contributed by atoms with Crippen molar-refractivity contribution in [1.82, 2.24) is 0 Å². The number of hydrogen-bond donors (Lipinski definition) is 0. The predicted octanol–water partition coefficient (Wildman–Crippen LogP) is 4.52. The van der Waals surface area contributed by atoms with Gasteiger partial charge in [-0.15, -0.1) is 0 Å². The minimum Gasteiger partial charge on any atom is -0.494 e. The average Bonchev–Trinajstić information content (AvgIpc) is 2.60. The molecule has 3 rings (SSSR count). The summed E-state index contributed by atoms with van der Waals surface area (Å²) in [6.45, 7) is 6.20. The molecule has 1 heterocycles. The Hall–Kier alpha value is -2.23. The molecule has 2 atom stereocenters. The van der Waals surface area contributed by atoms with Crippen LogP contribution in [0.3, 0.4) is 0 Å². The van der Waals surface area contributed by atoms with Gasteiger partial charge in [0, 0.05) is 31.5 Å². The zero-order valence-corrected chi connectivity index (χ0v) is 14.2. The molecule has 0 aliphatic carbocycles. The molecule has 1 fully saturated rings. The second-order valence-electron chi connectivity index (χ2n) is 6.23. The summed E-state index contributed by atoms with van der Waals surface area (Å²) >= 11 is 0. The molecule has 4 heteroatoms. The molecule has 0 radical (unpaired) electrons. The first-order valence-corrected chi connectivity index (χ1v) is 8.56. The highest BCUT2D eigenvalue weighted by Crippen LogP contribution is 2.30. The Morgan fingerprint density at radius 2 is 1.92 bits per heavy atom. The number of para-hydroxylation sites is 1. The summed E-state index contributed by atoms with van der Waals surface area (Å²) < 4.78 is 25.8. The summed E-state index contributed by atoms with van der Waals surface area (Å²) in [5.74, 6) is 1.72. The molecule has 0 saturated carbocycles. The monoisotopic (exact) mass is 329 g/mol. The second-order valence-corrected chi connectivity index (χ2v) is 6.23. The van der Waals surface area contributed by atoms with E-state index in [0.717, 1.165) is 25.3 Å². The van der Waals surface area contributed by atoms with Crippen LogP contribution in [0, 0.1) is 11.7 Å². The Morgan fingerprint density at radius 3 is 2.62 bits per heavy atom. The fourth-order valence-corrected chi connectivity index (χ4v) is 3.18. The molecule has 1 saturated heterocycles. The van der Waals surface area contributed by atoms with Crippen molar-refractivity contribution in [1.29, 1.82) is 0 Å². The van der Waals surface area contributed by atoms with E-state index in [0.29, 0.717) is 24.0 Å². The van der Waals surface area contributed by atoms with E-state index >= 15 is 0 Å². The van der Waals surface area contributed by atoms with Crippen molar-refractivity contribution in [3.05, 3.63) is 54.3 Å². The van der Waals surface area contributed by atoms with Gasteiger partial charge in [0.05, 0.1) is 12.3 Å². The molecular formula is C20H24FNO2.